The zero-order valence-corrected chi connectivity index (χ0v) is 15.6. The van der Waals surface area contributed by atoms with Gasteiger partial charge in [0.1, 0.15) is 18.1 Å². The monoisotopic (exact) mass is 379 g/mol. The van der Waals surface area contributed by atoms with E-state index in [9.17, 15) is 12.8 Å². The Hall–Kier alpha value is -1.96. The van der Waals surface area contributed by atoms with Crippen LogP contribution in [0.3, 0.4) is 0 Å². The number of sulfonamides is 1. The summed E-state index contributed by atoms with van der Waals surface area (Å²) < 4.78 is 45.8. The summed E-state index contributed by atoms with van der Waals surface area (Å²) >= 11 is 0. The van der Waals surface area contributed by atoms with Gasteiger partial charge in [-0.05, 0) is 43.3 Å². The van der Waals surface area contributed by atoms with Gasteiger partial charge in [0.2, 0.25) is 10.0 Å². The number of quaternary nitrogens is 1. The van der Waals surface area contributed by atoms with Crippen LogP contribution in [-0.4, -0.2) is 45.5 Å². The number of nitrogens with zero attached hydrogens (tertiary/aromatic N) is 1. The molecule has 0 amide bonds. The van der Waals surface area contributed by atoms with Crippen molar-refractivity contribution in [2.75, 3.05) is 32.8 Å². The van der Waals surface area contributed by atoms with E-state index in [2.05, 4.69) is 0 Å². The lowest BCUT2D eigenvalue weighted by atomic mass is 10.2. The van der Waals surface area contributed by atoms with E-state index in [0.717, 1.165) is 5.56 Å². The summed E-state index contributed by atoms with van der Waals surface area (Å²) in [6, 6.07) is 13.1. The van der Waals surface area contributed by atoms with Crippen molar-refractivity contribution in [2.45, 2.75) is 18.4 Å². The van der Waals surface area contributed by atoms with E-state index in [4.69, 9.17) is 4.74 Å². The highest BCUT2D eigenvalue weighted by Gasteiger charge is 2.30. The Morgan fingerprint density at radius 1 is 1.12 bits per heavy atom. The van der Waals surface area contributed by atoms with Crippen molar-refractivity contribution in [3.05, 3.63) is 59.9 Å². The molecule has 5 nitrogen and oxygen atoms in total. The predicted molar refractivity (Wildman–Crippen MR) is 97.2 cm³/mol. The Morgan fingerprint density at radius 3 is 2.42 bits per heavy atom. The highest BCUT2D eigenvalue weighted by Crippen LogP contribution is 2.19. The van der Waals surface area contributed by atoms with Crippen molar-refractivity contribution in [1.82, 2.24) is 4.31 Å². The summed E-state index contributed by atoms with van der Waals surface area (Å²) in [4.78, 5) is 1.54. The highest BCUT2D eigenvalue weighted by atomic mass is 32.2. The molecule has 140 valence electrons. The zero-order chi connectivity index (χ0) is 18.6. The summed E-state index contributed by atoms with van der Waals surface area (Å²) in [5.74, 6) is 0.425. The first kappa shape index (κ1) is 18.8. The van der Waals surface area contributed by atoms with Crippen LogP contribution in [0.1, 0.15) is 12.5 Å². The Bertz CT molecular complexity index is 832. The molecule has 2 aromatic carbocycles. The number of benzene rings is 2. The number of rotatable bonds is 6. The lowest BCUT2D eigenvalue weighted by Gasteiger charge is -2.31. The van der Waals surface area contributed by atoms with Gasteiger partial charge in [0.05, 0.1) is 37.7 Å². The smallest absolute Gasteiger partial charge is 0.243 e. The van der Waals surface area contributed by atoms with Crippen LogP contribution in [0.4, 0.5) is 4.39 Å². The van der Waals surface area contributed by atoms with Crippen LogP contribution in [0.5, 0.6) is 5.75 Å². The molecule has 2 aromatic rings. The van der Waals surface area contributed by atoms with Crippen molar-refractivity contribution >= 4 is 10.0 Å². The van der Waals surface area contributed by atoms with Crippen LogP contribution < -0.4 is 9.64 Å². The van der Waals surface area contributed by atoms with E-state index in [1.807, 2.05) is 13.0 Å². The molecule has 1 aliphatic rings. The first-order chi connectivity index (χ1) is 12.5. The molecule has 26 heavy (non-hydrogen) atoms. The Morgan fingerprint density at radius 2 is 1.81 bits per heavy atom. The van der Waals surface area contributed by atoms with Crippen molar-refractivity contribution in [2.24, 2.45) is 0 Å². The normalized spacial score (nSPS) is 16.5. The van der Waals surface area contributed by atoms with Crippen LogP contribution in [0.15, 0.2) is 53.4 Å². The third kappa shape index (κ3) is 4.41. The molecule has 0 aromatic heterocycles. The second kappa shape index (κ2) is 8.16. The summed E-state index contributed by atoms with van der Waals surface area (Å²) in [5.41, 5.74) is 0.933. The largest absolute Gasteiger partial charge is 0.494 e. The lowest BCUT2D eigenvalue weighted by Crippen LogP contribution is -3.13. The number of nitrogens with one attached hydrogen (secondary N) is 1. The topological polar surface area (TPSA) is 51.1 Å². The fourth-order valence-corrected chi connectivity index (χ4v) is 4.62. The average Bonchev–Trinajstić information content (AvgIpc) is 2.63. The van der Waals surface area contributed by atoms with E-state index < -0.39 is 10.0 Å². The van der Waals surface area contributed by atoms with E-state index in [0.29, 0.717) is 45.1 Å². The average molecular weight is 379 g/mol. The second-order valence-corrected chi connectivity index (χ2v) is 8.30. The first-order valence-electron chi connectivity index (χ1n) is 8.80. The SMILES string of the molecule is CCOc1ccc(S(=O)(=O)N2CC[NH+](Cc3cccc(F)c3)CC2)cc1. The molecule has 1 fully saturated rings. The molecule has 1 aliphatic heterocycles. The minimum Gasteiger partial charge on any atom is -0.494 e. The Labute approximate surface area is 154 Å². The second-order valence-electron chi connectivity index (χ2n) is 6.37. The van der Waals surface area contributed by atoms with Crippen LogP contribution in [0, 0.1) is 5.82 Å². The molecule has 3 rings (SSSR count). The van der Waals surface area contributed by atoms with Gasteiger partial charge in [0.15, 0.2) is 0 Å². The van der Waals surface area contributed by atoms with Crippen LogP contribution in [-0.2, 0) is 16.6 Å². The number of piperazine rings is 1. The van der Waals surface area contributed by atoms with E-state index in [1.54, 1.807) is 30.3 Å². The van der Waals surface area contributed by atoms with Crippen molar-refractivity contribution in [3.63, 3.8) is 0 Å². The van der Waals surface area contributed by atoms with Crippen molar-refractivity contribution < 1.29 is 22.4 Å². The number of hydrogen-bond donors (Lipinski definition) is 1. The molecular weight excluding hydrogens is 355 g/mol. The third-order valence-corrected chi connectivity index (χ3v) is 6.46. The molecule has 0 aliphatic carbocycles. The summed E-state index contributed by atoms with van der Waals surface area (Å²) in [5, 5.41) is 0. The molecule has 0 bridgehead atoms. The minimum atomic E-state index is -3.49. The molecular formula is C19H24FN2O3S+. The molecule has 0 spiro atoms. The highest BCUT2D eigenvalue weighted by molar-refractivity contribution is 7.89. The molecule has 0 atom stereocenters. The molecule has 0 unspecified atom stereocenters. The third-order valence-electron chi connectivity index (χ3n) is 4.55. The Balaban J connectivity index is 1.61. The maximum absolute atomic E-state index is 13.3. The molecule has 1 N–H and O–H groups in total. The van der Waals surface area contributed by atoms with Gasteiger partial charge in [-0.1, -0.05) is 12.1 Å². The maximum atomic E-state index is 13.3. The predicted octanol–water partition coefficient (Wildman–Crippen LogP) is 1.31. The fraction of sp³-hybridized carbons (Fsp3) is 0.368. The number of halogens is 1. The van der Waals surface area contributed by atoms with Gasteiger partial charge in [0, 0.05) is 5.56 Å². The minimum absolute atomic E-state index is 0.237. The first-order valence-corrected chi connectivity index (χ1v) is 10.2. The zero-order valence-electron chi connectivity index (χ0n) is 14.8. The van der Waals surface area contributed by atoms with Gasteiger partial charge < -0.3 is 9.64 Å². The van der Waals surface area contributed by atoms with Gasteiger partial charge in [-0.15, -0.1) is 0 Å². The summed E-state index contributed by atoms with van der Waals surface area (Å²) in [7, 11) is -3.49. The Kier molecular flexibility index (Phi) is 5.90. The lowest BCUT2D eigenvalue weighted by molar-refractivity contribution is -0.917. The molecule has 0 radical (unpaired) electrons. The van der Waals surface area contributed by atoms with E-state index in [-0.39, 0.29) is 10.7 Å². The van der Waals surface area contributed by atoms with E-state index in [1.165, 1.54) is 21.3 Å². The molecule has 7 heteroatoms. The quantitative estimate of drug-likeness (QED) is 0.824. The van der Waals surface area contributed by atoms with Crippen molar-refractivity contribution in [3.8, 4) is 5.75 Å². The maximum Gasteiger partial charge on any atom is 0.243 e. The molecule has 0 saturated carbocycles. The summed E-state index contributed by atoms with van der Waals surface area (Å²) in [6.07, 6.45) is 0. The van der Waals surface area contributed by atoms with Gasteiger partial charge in [-0.2, -0.15) is 4.31 Å². The van der Waals surface area contributed by atoms with Crippen LogP contribution >= 0.6 is 0 Å². The molecule has 1 saturated heterocycles. The van der Waals surface area contributed by atoms with Gasteiger partial charge >= 0.3 is 0 Å². The van der Waals surface area contributed by atoms with Crippen LogP contribution in [0.25, 0.3) is 0 Å². The van der Waals surface area contributed by atoms with Gasteiger partial charge in [-0.25, -0.2) is 12.8 Å². The fourth-order valence-electron chi connectivity index (χ4n) is 3.18. The van der Waals surface area contributed by atoms with Gasteiger partial charge in [0.25, 0.3) is 0 Å². The number of ether oxygens (including phenoxy) is 1. The summed E-state index contributed by atoms with van der Waals surface area (Å²) in [6.45, 7) is 5.45. The number of hydrogen-bond acceptors (Lipinski definition) is 3. The molecule has 1 heterocycles. The van der Waals surface area contributed by atoms with Crippen LogP contribution in [0.2, 0.25) is 0 Å². The standard InChI is InChI=1S/C19H23FN2O3S/c1-2-25-18-6-8-19(9-7-18)26(23,24)22-12-10-21(11-13-22)15-16-4-3-5-17(20)14-16/h3-9,14H,2,10-13,15H2,1H3/p+1. The van der Waals surface area contributed by atoms with Gasteiger partial charge in [-0.3, -0.25) is 0 Å². The van der Waals surface area contributed by atoms with Crippen molar-refractivity contribution in [1.29, 1.82) is 0 Å². The van der Waals surface area contributed by atoms with E-state index >= 15 is 0 Å².